The summed E-state index contributed by atoms with van der Waals surface area (Å²) >= 11 is 1.28. The third kappa shape index (κ3) is 3.60. The van der Waals surface area contributed by atoms with Crippen LogP contribution >= 0.6 is 11.3 Å². The summed E-state index contributed by atoms with van der Waals surface area (Å²) in [6.45, 7) is 3.47. The second-order valence-electron chi connectivity index (χ2n) is 6.08. The van der Waals surface area contributed by atoms with E-state index in [1.165, 1.54) is 23.5 Å². The molecule has 0 unspecified atom stereocenters. The quantitative estimate of drug-likeness (QED) is 0.614. The number of thiophene rings is 1. The molecule has 0 spiro atoms. The number of sulfone groups is 2. The molecule has 3 aromatic rings. The average molecular weight is 412 g/mol. The molecular formula is C17H17NO5S3. The minimum Gasteiger partial charge on any atom is -0.422 e. The smallest absolute Gasteiger partial charge is 0.258 e. The van der Waals surface area contributed by atoms with Crippen LogP contribution in [-0.2, 0) is 19.7 Å². The topological polar surface area (TPSA) is 94.3 Å². The number of nitrogens with zero attached hydrogens (tertiary/aromatic N) is 1. The van der Waals surface area contributed by atoms with Gasteiger partial charge in [-0.15, -0.1) is 11.3 Å². The minimum absolute atomic E-state index is 0.0168. The molecule has 0 saturated heterocycles. The standard InChI is InChI=1S/C17H17NO5S3/c1-12(2)11-25(19,20)17-16(18-15(23-17)14-9-6-10-24-14)26(21,22)13-7-4-3-5-8-13/h3-10,12H,11H2,1-2H3. The minimum atomic E-state index is -4.14. The monoisotopic (exact) mass is 411 g/mol. The summed E-state index contributed by atoms with van der Waals surface area (Å²) in [6, 6.07) is 11.0. The molecule has 26 heavy (non-hydrogen) atoms. The highest BCUT2D eigenvalue weighted by atomic mass is 32.2. The van der Waals surface area contributed by atoms with Crippen molar-refractivity contribution in [2.45, 2.75) is 28.9 Å². The lowest BCUT2D eigenvalue weighted by molar-refractivity contribution is 0.443. The normalized spacial score (nSPS) is 12.6. The average Bonchev–Trinajstić information content (AvgIpc) is 3.24. The fourth-order valence-electron chi connectivity index (χ4n) is 2.39. The second-order valence-corrected chi connectivity index (χ2v) is 10.8. The molecule has 0 atom stereocenters. The molecule has 0 bridgehead atoms. The van der Waals surface area contributed by atoms with Crippen LogP contribution in [0, 0.1) is 5.92 Å². The number of oxazole rings is 1. The largest absolute Gasteiger partial charge is 0.422 e. The Kier molecular flexibility index (Phi) is 5.05. The maximum absolute atomic E-state index is 13.0. The van der Waals surface area contributed by atoms with Crippen molar-refractivity contribution in [3.63, 3.8) is 0 Å². The van der Waals surface area contributed by atoms with Crippen LogP contribution in [-0.4, -0.2) is 27.6 Å². The zero-order valence-corrected chi connectivity index (χ0v) is 16.6. The number of aromatic nitrogens is 1. The lowest BCUT2D eigenvalue weighted by Gasteiger charge is -2.06. The van der Waals surface area contributed by atoms with Crippen molar-refractivity contribution in [1.29, 1.82) is 0 Å². The van der Waals surface area contributed by atoms with Crippen LogP contribution in [0.15, 0.2) is 67.3 Å². The maximum atomic E-state index is 13.0. The number of benzene rings is 1. The molecule has 9 heteroatoms. The van der Waals surface area contributed by atoms with E-state index in [0.717, 1.165) is 0 Å². The molecular weight excluding hydrogens is 394 g/mol. The van der Waals surface area contributed by atoms with Gasteiger partial charge in [-0.3, -0.25) is 0 Å². The van der Waals surface area contributed by atoms with Crippen molar-refractivity contribution >= 4 is 31.0 Å². The van der Waals surface area contributed by atoms with Crippen LogP contribution in [0.25, 0.3) is 10.8 Å². The Balaban J connectivity index is 2.24. The second kappa shape index (κ2) is 6.98. The van der Waals surface area contributed by atoms with Crippen LogP contribution in [0.4, 0.5) is 0 Å². The molecule has 0 amide bonds. The predicted molar refractivity (Wildman–Crippen MR) is 98.6 cm³/mol. The molecule has 3 rings (SSSR count). The highest BCUT2D eigenvalue weighted by Crippen LogP contribution is 2.34. The van der Waals surface area contributed by atoms with Gasteiger partial charge in [0.05, 0.1) is 15.5 Å². The van der Waals surface area contributed by atoms with Gasteiger partial charge < -0.3 is 4.42 Å². The summed E-state index contributed by atoms with van der Waals surface area (Å²) < 4.78 is 56.9. The van der Waals surface area contributed by atoms with Crippen molar-refractivity contribution in [1.82, 2.24) is 4.98 Å². The Morgan fingerprint density at radius 3 is 2.31 bits per heavy atom. The lowest BCUT2D eigenvalue weighted by atomic mass is 10.3. The maximum Gasteiger partial charge on any atom is 0.258 e. The summed E-state index contributed by atoms with van der Waals surface area (Å²) in [6.07, 6.45) is 0. The van der Waals surface area contributed by atoms with E-state index in [0.29, 0.717) is 4.88 Å². The van der Waals surface area contributed by atoms with Crippen molar-refractivity contribution in [3.8, 4) is 10.8 Å². The third-order valence-electron chi connectivity index (χ3n) is 3.44. The van der Waals surface area contributed by atoms with Gasteiger partial charge in [0.2, 0.25) is 30.6 Å². The molecule has 2 aromatic heterocycles. The first-order valence-electron chi connectivity index (χ1n) is 7.79. The molecule has 6 nitrogen and oxygen atoms in total. The first-order valence-corrected chi connectivity index (χ1v) is 11.8. The summed E-state index contributed by atoms with van der Waals surface area (Å²) in [4.78, 5) is 4.57. The van der Waals surface area contributed by atoms with Crippen molar-refractivity contribution in [2.75, 3.05) is 5.75 Å². The lowest BCUT2D eigenvalue weighted by Crippen LogP contribution is -2.15. The van der Waals surface area contributed by atoms with Gasteiger partial charge in [-0.2, -0.15) is 4.98 Å². The summed E-state index contributed by atoms with van der Waals surface area (Å²) in [5, 5.41) is 0.610. The van der Waals surface area contributed by atoms with E-state index in [2.05, 4.69) is 4.98 Å². The van der Waals surface area contributed by atoms with Crippen LogP contribution < -0.4 is 0 Å². The van der Waals surface area contributed by atoms with E-state index < -0.39 is 29.8 Å². The summed E-state index contributed by atoms with van der Waals surface area (Å²) in [5.74, 6) is -0.442. The van der Waals surface area contributed by atoms with E-state index >= 15 is 0 Å². The van der Waals surface area contributed by atoms with Gasteiger partial charge in [0, 0.05) is 0 Å². The van der Waals surface area contributed by atoms with E-state index in [1.807, 2.05) is 0 Å². The predicted octanol–water partition coefficient (Wildman–Crippen LogP) is 3.67. The Morgan fingerprint density at radius 2 is 1.73 bits per heavy atom. The molecule has 0 aliphatic carbocycles. The van der Waals surface area contributed by atoms with Gasteiger partial charge in [0.1, 0.15) is 0 Å². The van der Waals surface area contributed by atoms with Gasteiger partial charge in [0.25, 0.3) is 5.09 Å². The highest BCUT2D eigenvalue weighted by molar-refractivity contribution is 7.94. The Hall–Kier alpha value is -1.97. The first-order chi connectivity index (χ1) is 12.2. The number of hydrogen-bond donors (Lipinski definition) is 0. The van der Waals surface area contributed by atoms with Crippen LogP contribution in [0.2, 0.25) is 0 Å². The van der Waals surface area contributed by atoms with Crippen LogP contribution in [0.3, 0.4) is 0 Å². The Labute approximate surface area is 156 Å². The van der Waals surface area contributed by atoms with Crippen LogP contribution in [0.5, 0.6) is 0 Å². The molecule has 138 valence electrons. The van der Waals surface area contributed by atoms with E-state index in [1.54, 1.807) is 49.6 Å². The van der Waals surface area contributed by atoms with Gasteiger partial charge in [0.15, 0.2) is 0 Å². The molecule has 0 aliphatic rings. The van der Waals surface area contributed by atoms with Gasteiger partial charge in [-0.25, -0.2) is 16.8 Å². The van der Waals surface area contributed by atoms with Gasteiger partial charge in [-0.05, 0) is 29.5 Å². The fraction of sp³-hybridized carbons (Fsp3) is 0.235. The van der Waals surface area contributed by atoms with Gasteiger partial charge >= 0.3 is 0 Å². The fourth-order valence-corrected chi connectivity index (χ4v) is 6.50. The summed E-state index contributed by atoms with van der Waals surface area (Å²) in [5.41, 5.74) is 0. The van der Waals surface area contributed by atoms with Crippen molar-refractivity contribution < 1.29 is 21.3 Å². The Bertz CT molecular complexity index is 1100. The zero-order chi connectivity index (χ0) is 18.9. The zero-order valence-electron chi connectivity index (χ0n) is 14.1. The van der Waals surface area contributed by atoms with Crippen LogP contribution in [0.1, 0.15) is 13.8 Å². The molecule has 0 aliphatic heterocycles. The van der Waals surface area contributed by atoms with Crippen molar-refractivity contribution in [2.24, 2.45) is 5.92 Å². The SMILES string of the molecule is CC(C)CS(=O)(=O)c1oc(-c2cccs2)nc1S(=O)(=O)c1ccccc1. The van der Waals surface area contributed by atoms with E-state index in [-0.39, 0.29) is 22.5 Å². The number of hydrogen-bond acceptors (Lipinski definition) is 7. The Morgan fingerprint density at radius 1 is 1.04 bits per heavy atom. The molecule has 0 saturated carbocycles. The first kappa shape index (κ1) is 18.8. The van der Waals surface area contributed by atoms with Crippen molar-refractivity contribution in [3.05, 3.63) is 47.8 Å². The molecule has 0 radical (unpaired) electrons. The third-order valence-corrected chi connectivity index (χ3v) is 8.06. The molecule has 0 N–H and O–H groups in total. The van der Waals surface area contributed by atoms with E-state index in [9.17, 15) is 16.8 Å². The molecule has 2 heterocycles. The molecule has 1 aromatic carbocycles. The summed E-state index contributed by atoms with van der Waals surface area (Å²) in [7, 11) is -8.09. The van der Waals surface area contributed by atoms with Gasteiger partial charge in [-0.1, -0.05) is 38.1 Å². The number of rotatable bonds is 6. The van der Waals surface area contributed by atoms with E-state index in [4.69, 9.17) is 4.42 Å². The molecule has 0 fully saturated rings. The highest BCUT2D eigenvalue weighted by Gasteiger charge is 2.35.